The predicted octanol–water partition coefficient (Wildman–Crippen LogP) is 3.38. The second kappa shape index (κ2) is 6.53. The van der Waals surface area contributed by atoms with Gasteiger partial charge in [-0.2, -0.15) is 0 Å². The highest BCUT2D eigenvalue weighted by atomic mass is 32.1. The molecule has 27 heavy (non-hydrogen) atoms. The zero-order valence-electron chi connectivity index (χ0n) is 15.9. The molecule has 2 aromatic carbocycles. The van der Waals surface area contributed by atoms with Gasteiger partial charge in [0.05, 0.1) is 19.9 Å². The zero-order valence-corrected chi connectivity index (χ0v) is 16.7. The van der Waals surface area contributed by atoms with Crippen LogP contribution in [-0.2, 0) is 17.8 Å². The number of aryl methyl sites for hydroxylation is 2. The Morgan fingerprint density at radius 2 is 1.70 bits per heavy atom. The van der Waals surface area contributed by atoms with E-state index in [-0.39, 0.29) is 11.9 Å². The number of amides is 1. The van der Waals surface area contributed by atoms with Gasteiger partial charge in [-0.1, -0.05) is 12.1 Å². The molecule has 0 N–H and O–H groups in total. The average Bonchev–Trinajstić information content (AvgIpc) is 2.91. The van der Waals surface area contributed by atoms with Crippen molar-refractivity contribution in [2.24, 2.45) is 0 Å². The first-order chi connectivity index (χ1) is 12.9. The minimum atomic E-state index is -0.275. The van der Waals surface area contributed by atoms with E-state index in [1.54, 1.807) is 19.1 Å². The minimum absolute atomic E-state index is 0.0362. The Bertz CT molecular complexity index is 906. The summed E-state index contributed by atoms with van der Waals surface area (Å²) in [5.41, 5.74) is 5.24. The molecule has 1 atom stereocenters. The summed E-state index contributed by atoms with van der Waals surface area (Å²) in [6.45, 7) is 4.62. The average molecular weight is 382 g/mol. The van der Waals surface area contributed by atoms with E-state index in [9.17, 15) is 4.79 Å². The molecule has 2 aliphatic rings. The van der Waals surface area contributed by atoms with Crippen molar-refractivity contribution in [3.05, 3.63) is 52.6 Å². The number of fused-ring (bicyclic) bond motifs is 2. The van der Waals surface area contributed by atoms with Gasteiger partial charge < -0.3 is 14.4 Å². The third-order valence-corrected chi connectivity index (χ3v) is 5.80. The maximum atomic E-state index is 13.2. The molecule has 0 radical (unpaired) electrons. The number of ether oxygens (including phenoxy) is 2. The number of benzene rings is 2. The molecular weight excluding hydrogens is 360 g/mol. The summed E-state index contributed by atoms with van der Waals surface area (Å²) in [4.78, 5) is 17.0. The molecule has 0 bridgehead atoms. The molecule has 2 aromatic rings. The van der Waals surface area contributed by atoms with Crippen molar-refractivity contribution < 1.29 is 14.3 Å². The van der Waals surface area contributed by atoms with Crippen LogP contribution < -0.4 is 14.4 Å². The van der Waals surface area contributed by atoms with Crippen molar-refractivity contribution in [3.63, 3.8) is 0 Å². The lowest BCUT2D eigenvalue weighted by Crippen LogP contribution is -2.40. The van der Waals surface area contributed by atoms with E-state index in [1.807, 2.05) is 49.1 Å². The van der Waals surface area contributed by atoms with Crippen molar-refractivity contribution in [1.82, 2.24) is 4.90 Å². The Kier molecular flexibility index (Phi) is 4.30. The van der Waals surface area contributed by atoms with Crippen molar-refractivity contribution in [3.8, 4) is 11.5 Å². The number of rotatable bonds is 3. The molecule has 0 aliphatic carbocycles. The summed E-state index contributed by atoms with van der Waals surface area (Å²) in [5, 5.41) is 0.569. The van der Waals surface area contributed by atoms with Crippen LogP contribution in [0.25, 0.3) is 0 Å². The second-order valence-electron chi connectivity index (χ2n) is 7.07. The van der Waals surface area contributed by atoms with Crippen LogP contribution in [0.1, 0.15) is 22.3 Å². The molecule has 1 fully saturated rings. The highest BCUT2D eigenvalue weighted by Crippen LogP contribution is 2.38. The van der Waals surface area contributed by atoms with Gasteiger partial charge in [0.2, 0.25) is 0 Å². The first kappa shape index (κ1) is 17.8. The molecule has 5 nitrogen and oxygen atoms in total. The van der Waals surface area contributed by atoms with Crippen molar-refractivity contribution in [1.29, 1.82) is 0 Å². The summed E-state index contributed by atoms with van der Waals surface area (Å²) < 4.78 is 10.8. The fourth-order valence-electron chi connectivity index (χ4n) is 3.89. The highest BCUT2D eigenvalue weighted by molar-refractivity contribution is 7.80. The number of anilines is 1. The molecule has 1 saturated heterocycles. The molecule has 2 aliphatic heterocycles. The van der Waals surface area contributed by atoms with Gasteiger partial charge in [0, 0.05) is 13.0 Å². The summed E-state index contributed by atoms with van der Waals surface area (Å²) in [7, 11) is 3.25. The second-order valence-corrected chi connectivity index (χ2v) is 7.44. The van der Waals surface area contributed by atoms with Crippen molar-refractivity contribution >= 4 is 28.9 Å². The van der Waals surface area contributed by atoms with Crippen LogP contribution in [0.4, 0.5) is 5.69 Å². The maximum Gasteiger partial charge on any atom is 0.256 e. The van der Waals surface area contributed by atoms with Crippen LogP contribution in [0, 0.1) is 13.8 Å². The molecule has 1 amide bonds. The van der Waals surface area contributed by atoms with Gasteiger partial charge in [-0.05, 0) is 66.5 Å². The summed E-state index contributed by atoms with van der Waals surface area (Å²) >= 11 is 5.71. The SMILES string of the molecule is COc1cc2c(cc1OC)CN1C(=S)N(c3cc(C)ccc3C)C(=O)[C@H]1C2. The molecule has 0 saturated carbocycles. The van der Waals surface area contributed by atoms with Crippen LogP contribution in [0.3, 0.4) is 0 Å². The van der Waals surface area contributed by atoms with Gasteiger partial charge in [-0.25, -0.2) is 0 Å². The Labute approximate surface area is 164 Å². The van der Waals surface area contributed by atoms with Crippen LogP contribution in [-0.4, -0.2) is 36.2 Å². The van der Waals surface area contributed by atoms with Gasteiger partial charge in [0.25, 0.3) is 5.91 Å². The third-order valence-electron chi connectivity index (χ3n) is 5.38. The fourth-order valence-corrected chi connectivity index (χ4v) is 4.27. The van der Waals surface area contributed by atoms with E-state index in [2.05, 4.69) is 0 Å². The first-order valence-electron chi connectivity index (χ1n) is 8.90. The van der Waals surface area contributed by atoms with Gasteiger partial charge >= 0.3 is 0 Å². The molecule has 0 aromatic heterocycles. The van der Waals surface area contributed by atoms with Crippen molar-refractivity contribution in [2.45, 2.75) is 32.9 Å². The largest absolute Gasteiger partial charge is 0.493 e. The standard InChI is InChI=1S/C21H22N2O3S/c1-12-5-6-13(2)16(7-12)23-20(24)17-8-14-9-18(25-3)19(26-4)10-15(14)11-22(17)21(23)27/h5-7,9-10,17H,8,11H2,1-4H3/t17-/m1/s1. The Balaban J connectivity index is 1.73. The summed E-state index contributed by atoms with van der Waals surface area (Å²) in [6.07, 6.45) is 0.607. The van der Waals surface area contributed by atoms with E-state index in [1.165, 1.54) is 0 Å². The quantitative estimate of drug-likeness (QED) is 0.762. The minimum Gasteiger partial charge on any atom is -0.493 e. The van der Waals surface area contributed by atoms with Crippen LogP contribution >= 0.6 is 12.2 Å². The number of carbonyl (C=O) groups is 1. The van der Waals surface area contributed by atoms with E-state index in [4.69, 9.17) is 21.7 Å². The van der Waals surface area contributed by atoms with Gasteiger partial charge in [0.1, 0.15) is 6.04 Å². The number of thiocarbonyl (C=S) groups is 1. The highest BCUT2D eigenvalue weighted by Gasteiger charge is 2.46. The topological polar surface area (TPSA) is 42.0 Å². The smallest absolute Gasteiger partial charge is 0.256 e. The Morgan fingerprint density at radius 3 is 2.37 bits per heavy atom. The Hall–Kier alpha value is -2.60. The fraction of sp³-hybridized carbons (Fsp3) is 0.333. The third kappa shape index (κ3) is 2.75. The number of methoxy groups -OCH3 is 2. The number of hydrogen-bond donors (Lipinski definition) is 0. The maximum absolute atomic E-state index is 13.2. The Morgan fingerprint density at radius 1 is 1.04 bits per heavy atom. The van der Waals surface area contributed by atoms with Gasteiger partial charge in [0.15, 0.2) is 16.6 Å². The van der Waals surface area contributed by atoms with E-state index in [0.717, 1.165) is 27.9 Å². The lowest BCUT2D eigenvalue weighted by Gasteiger charge is -2.31. The normalized spacial score (nSPS) is 18.4. The molecule has 4 rings (SSSR count). The van der Waals surface area contributed by atoms with Crippen molar-refractivity contribution in [2.75, 3.05) is 19.1 Å². The number of carbonyl (C=O) groups excluding carboxylic acids is 1. The molecule has 6 heteroatoms. The van der Waals surface area contributed by atoms with Gasteiger partial charge in [-0.3, -0.25) is 9.69 Å². The van der Waals surface area contributed by atoms with Crippen LogP contribution in [0.5, 0.6) is 11.5 Å². The zero-order chi connectivity index (χ0) is 19.3. The molecule has 0 spiro atoms. The van der Waals surface area contributed by atoms with E-state index < -0.39 is 0 Å². The van der Waals surface area contributed by atoms with Crippen LogP contribution in [0.2, 0.25) is 0 Å². The molecule has 2 heterocycles. The lowest BCUT2D eigenvalue weighted by atomic mass is 9.94. The predicted molar refractivity (Wildman–Crippen MR) is 109 cm³/mol. The molecule has 140 valence electrons. The van der Waals surface area contributed by atoms with E-state index in [0.29, 0.717) is 29.6 Å². The monoisotopic (exact) mass is 382 g/mol. The lowest BCUT2D eigenvalue weighted by molar-refractivity contribution is -0.120. The molecular formula is C21H22N2O3S. The van der Waals surface area contributed by atoms with E-state index >= 15 is 0 Å². The summed E-state index contributed by atoms with van der Waals surface area (Å²) in [5.74, 6) is 1.41. The van der Waals surface area contributed by atoms with Crippen LogP contribution in [0.15, 0.2) is 30.3 Å². The number of hydrogen-bond acceptors (Lipinski definition) is 4. The molecule has 0 unspecified atom stereocenters. The summed E-state index contributed by atoms with van der Waals surface area (Å²) in [6, 6.07) is 9.78. The number of nitrogens with zero attached hydrogens (tertiary/aromatic N) is 2. The van der Waals surface area contributed by atoms with Gasteiger partial charge in [-0.15, -0.1) is 0 Å². The first-order valence-corrected chi connectivity index (χ1v) is 9.31.